The third-order valence-corrected chi connectivity index (χ3v) is 4.48. The van der Waals surface area contributed by atoms with E-state index >= 15 is 0 Å². The molecule has 1 saturated carbocycles. The second kappa shape index (κ2) is 7.34. The van der Waals surface area contributed by atoms with Crippen LogP contribution < -0.4 is 10.1 Å². The smallest absolute Gasteiger partial charge is 0.422 e. The van der Waals surface area contributed by atoms with Crippen molar-refractivity contribution in [2.75, 3.05) is 11.9 Å². The summed E-state index contributed by atoms with van der Waals surface area (Å²) in [7, 11) is 0. The summed E-state index contributed by atoms with van der Waals surface area (Å²) >= 11 is 0. The molecule has 0 radical (unpaired) electrons. The molecule has 7 nitrogen and oxygen atoms in total. The van der Waals surface area contributed by atoms with Crippen molar-refractivity contribution in [1.82, 2.24) is 19.7 Å². The molecule has 29 heavy (non-hydrogen) atoms. The Labute approximate surface area is 163 Å². The molecule has 0 saturated heterocycles. The first-order chi connectivity index (χ1) is 13.8. The molecule has 0 bridgehead atoms. The van der Waals surface area contributed by atoms with E-state index in [4.69, 9.17) is 4.74 Å². The summed E-state index contributed by atoms with van der Waals surface area (Å²) < 4.78 is 43.3. The molecule has 0 spiro atoms. The van der Waals surface area contributed by atoms with Gasteiger partial charge in [0.15, 0.2) is 6.61 Å². The number of halogens is 3. The highest BCUT2D eigenvalue weighted by Crippen LogP contribution is 2.31. The summed E-state index contributed by atoms with van der Waals surface area (Å²) in [6.45, 7) is 0.613. The van der Waals surface area contributed by atoms with E-state index in [2.05, 4.69) is 20.4 Å². The van der Waals surface area contributed by atoms with Crippen LogP contribution in [0, 0.1) is 12.8 Å². The maximum absolute atomic E-state index is 12.3. The molecule has 3 heterocycles. The van der Waals surface area contributed by atoms with E-state index in [-0.39, 0.29) is 17.7 Å². The monoisotopic (exact) mass is 405 g/mol. The molecule has 1 aliphatic carbocycles. The van der Waals surface area contributed by atoms with Gasteiger partial charge in [-0.2, -0.15) is 18.3 Å². The van der Waals surface area contributed by atoms with Gasteiger partial charge in [0.05, 0.1) is 17.4 Å². The Kier molecular flexibility index (Phi) is 4.85. The molecule has 3 aromatic rings. The standard InChI is InChI=1S/C19H18F3N5O2/c1-11-6-12(7-24-18(11)29-10-19(20,21)22)8-27-9-14-15(26-27)4-5-23-16(14)25-17(28)13-2-3-13/h4-7,9,13H,2-3,8,10H2,1H3,(H,23,25,28). The second-order valence-corrected chi connectivity index (χ2v) is 7.05. The van der Waals surface area contributed by atoms with Crippen LogP contribution in [-0.4, -0.2) is 38.4 Å². The largest absolute Gasteiger partial charge is 0.468 e. The van der Waals surface area contributed by atoms with Gasteiger partial charge in [0, 0.05) is 30.1 Å². The normalized spacial score (nSPS) is 14.2. The second-order valence-electron chi connectivity index (χ2n) is 7.05. The third kappa shape index (κ3) is 4.64. The van der Waals surface area contributed by atoms with Crippen molar-refractivity contribution in [3.05, 3.63) is 41.9 Å². The molecule has 1 fully saturated rings. The van der Waals surface area contributed by atoms with E-state index in [1.807, 2.05) is 0 Å². The zero-order valence-corrected chi connectivity index (χ0v) is 15.5. The van der Waals surface area contributed by atoms with Crippen molar-refractivity contribution >= 4 is 22.6 Å². The van der Waals surface area contributed by atoms with Crippen molar-refractivity contribution < 1.29 is 22.7 Å². The zero-order valence-electron chi connectivity index (χ0n) is 15.5. The molecular formula is C19H18F3N5O2. The van der Waals surface area contributed by atoms with E-state index in [0.29, 0.717) is 23.4 Å². The minimum absolute atomic E-state index is 0.0352. The topological polar surface area (TPSA) is 81.9 Å². The van der Waals surface area contributed by atoms with E-state index in [1.54, 1.807) is 36.1 Å². The SMILES string of the molecule is Cc1cc(Cn2cc3c(NC(=O)C4CC4)nccc3n2)cnc1OCC(F)(F)F. The molecule has 0 aliphatic heterocycles. The summed E-state index contributed by atoms with van der Waals surface area (Å²) in [5.41, 5.74) is 1.94. The van der Waals surface area contributed by atoms with Crippen LogP contribution in [0.2, 0.25) is 0 Å². The molecule has 0 unspecified atom stereocenters. The van der Waals surface area contributed by atoms with Gasteiger partial charge in [-0.3, -0.25) is 9.48 Å². The van der Waals surface area contributed by atoms with Gasteiger partial charge in [0.25, 0.3) is 0 Å². The van der Waals surface area contributed by atoms with Crippen LogP contribution >= 0.6 is 0 Å². The van der Waals surface area contributed by atoms with Crippen molar-refractivity contribution in [3.8, 4) is 5.88 Å². The molecule has 1 amide bonds. The lowest BCUT2D eigenvalue weighted by atomic mass is 10.2. The summed E-state index contributed by atoms with van der Waals surface area (Å²) in [6.07, 6.45) is 2.20. The molecule has 152 valence electrons. The van der Waals surface area contributed by atoms with Crippen LogP contribution in [0.25, 0.3) is 10.9 Å². The number of carbonyl (C=O) groups excluding carboxylic acids is 1. The number of carbonyl (C=O) groups is 1. The van der Waals surface area contributed by atoms with Crippen molar-refractivity contribution in [2.24, 2.45) is 5.92 Å². The third-order valence-electron chi connectivity index (χ3n) is 4.48. The highest BCUT2D eigenvalue weighted by Gasteiger charge is 2.30. The van der Waals surface area contributed by atoms with Gasteiger partial charge < -0.3 is 10.1 Å². The van der Waals surface area contributed by atoms with Crippen LogP contribution in [0.15, 0.2) is 30.7 Å². The van der Waals surface area contributed by atoms with Crippen molar-refractivity contribution in [2.45, 2.75) is 32.5 Å². The predicted molar refractivity (Wildman–Crippen MR) is 98.5 cm³/mol. The summed E-state index contributed by atoms with van der Waals surface area (Å²) in [5.74, 6) is 0.447. The quantitative estimate of drug-likeness (QED) is 0.679. The number of nitrogens with zero attached hydrogens (tertiary/aromatic N) is 4. The van der Waals surface area contributed by atoms with Crippen LogP contribution in [0.5, 0.6) is 5.88 Å². The summed E-state index contributed by atoms with van der Waals surface area (Å²) in [6, 6.07) is 3.45. The fourth-order valence-corrected chi connectivity index (χ4v) is 2.93. The lowest BCUT2D eigenvalue weighted by Gasteiger charge is -2.11. The number of nitrogens with one attached hydrogen (secondary N) is 1. The number of hydrogen-bond donors (Lipinski definition) is 1. The van der Waals surface area contributed by atoms with Gasteiger partial charge in [0.1, 0.15) is 5.82 Å². The van der Waals surface area contributed by atoms with Gasteiger partial charge in [0.2, 0.25) is 11.8 Å². The number of anilines is 1. The molecule has 10 heteroatoms. The Balaban J connectivity index is 1.50. The predicted octanol–water partition coefficient (Wildman–Crippen LogP) is 3.47. The summed E-state index contributed by atoms with van der Waals surface area (Å²) in [4.78, 5) is 20.3. The Bertz CT molecular complexity index is 1060. The molecule has 0 atom stereocenters. The minimum atomic E-state index is -4.41. The van der Waals surface area contributed by atoms with Crippen LogP contribution in [0.3, 0.4) is 0 Å². The zero-order chi connectivity index (χ0) is 20.6. The molecule has 1 aliphatic rings. The van der Waals surface area contributed by atoms with E-state index in [1.165, 1.54) is 6.20 Å². The number of alkyl halides is 3. The van der Waals surface area contributed by atoms with E-state index in [0.717, 1.165) is 23.8 Å². The fourth-order valence-electron chi connectivity index (χ4n) is 2.93. The Morgan fingerprint density at radius 1 is 1.34 bits per heavy atom. The lowest BCUT2D eigenvalue weighted by Crippen LogP contribution is -2.20. The first-order valence-electron chi connectivity index (χ1n) is 9.06. The Morgan fingerprint density at radius 2 is 2.14 bits per heavy atom. The number of amides is 1. The number of hydrogen-bond acceptors (Lipinski definition) is 5. The number of rotatable bonds is 6. The highest BCUT2D eigenvalue weighted by atomic mass is 19.4. The van der Waals surface area contributed by atoms with Crippen LogP contribution in [-0.2, 0) is 11.3 Å². The Hall–Kier alpha value is -3.17. The maximum atomic E-state index is 12.3. The lowest BCUT2D eigenvalue weighted by molar-refractivity contribution is -0.154. The molecule has 1 N–H and O–H groups in total. The number of aromatic nitrogens is 4. The maximum Gasteiger partial charge on any atom is 0.422 e. The number of aryl methyl sites for hydroxylation is 1. The first-order valence-corrected chi connectivity index (χ1v) is 9.06. The van der Waals surface area contributed by atoms with Crippen LogP contribution in [0.1, 0.15) is 24.0 Å². The minimum Gasteiger partial charge on any atom is -0.468 e. The van der Waals surface area contributed by atoms with Gasteiger partial charge in [-0.05, 0) is 37.5 Å². The highest BCUT2D eigenvalue weighted by molar-refractivity contribution is 6.00. The molecule has 3 aromatic heterocycles. The van der Waals surface area contributed by atoms with Crippen LogP contribution in [0.4, 0.5) is 19.0 Å². The average molecular weight is 405 g/mol. The van der Waals surface area contributed by atoms with E-state index < -0.39 is 12.8 Å². The van der Waals surface area contributed by atoms with Crippen molar-refractivity contribution in [3.63, 3.8) is 0 Å². The van der Waals surface area contributed by atoms with Gasteiger partial charge in [-0.15, -0.1) is 0 Å². The first kappa shape index (κ1) is 19.2. The number of ether oxygens (including phenoxy) is 1. The molecule has 4 rings (SSSR count). The Morgan fingerprint density at radius 3 is 2.83 bits per heavy atom. The number of fused-ring (bicyclic) bond motifs is 1. The molecular weight excluding hydrogens is 387 g/mol. The fraction of sp³-hybridized carbons (Fsp3) is 0.368. The number of pyridine rings is 2. The van der Waals surface area contributed by atoms with Gasteiger partial charge in [-0.25, -0.2) is 9.97 Å². The van der Waals surface area contributed by atoms with Crippen molar-refractivity contribution in [1.29, 1.82) is 0 Å². The summed E-state index contributed by atoms with van der Waals surface area (Å²) in [5, 5.41) is 8.04. The van der Waals surface area contributed by atoms with Gasteiger partial charge in [-0.1, -0.05) is 0 Å². The van der Waals surface area contributed by atoms with E-state index in [9.17, 15) is 18.0 Å². The average Bonchev–Trinajstić information content (AvgIpc) is 3.41. The molecule has 0 aromatic carbocycles. The van der Waals surface area contributed by atoms with Gasteiger partial charge >= 0.3 is 6.18 Å².